The standard InChI is InChI=1S/C14H19N3O2/c1-14(2,3)13-16-11(15-4)8-12(17-13)19-9-10-6-5-7-18-10/h5-8H,9H2,1-4H3,(H,15,16,17). The summed E-state index contributed by atoms with van der Waals surface area (Å²) in [7, 11) is 1.82. The van der Waals surface area contributed by atoms with Crippen molar-refractivity contribution in [1.82, 2.24) is 9.97 Å². The number of ether oxygens (including phenoxy) is 1. The summed E-state index contributed by atoms with van der Waals surface area (Å²) in [5.74, 6) is 2.80. The maximum Gasteiger partial charge on any atom is 0.219 e. The Hall–Kier alpha value is -2.04. The Morgan fingerprint density at radius 2 is 2.11 bits per heavy atom. The largest absolute Gasteiger partial charge is 0.469 e. The normalized spacial score (nSPS) is 11.4. The van der Waals surface area contributed by atoms with Crippen LogP contribution in [0.2, 0.25) is 0 Å². The van der Waals surface area contributed by atoms with Gasteiger partial charge in [-0.25, -0.2) is 4.98 Å². The van der Waals surface area contributed by atoms with E-state index in [2.05, 4.69) is 36.1 Å². The third-order valence-electron chi connectivity index (χ3n) is 2.57. The van der Waals surface area contributed by atoms with E-state index in [9.17, 15) is 0 Å². The third kappa shape index (κ3) is 3.47. The SMILES string of the molecule is CNc1cc(OCc2ccco2)nc(C(C)(C)C)n1. The highest BCUT2D eigenvalue weighted by atomic mass is 16.5. The fraction of sp³-hybridized carbons (Fsp3) is 0.429. The summed E-state index contributed by atoms with van der Waals surface area (Å²) in [5, 5.41) is 3.02. The zero-order valence-corrected chi connectivity index (χ0v) is 11.7. The number of nitrogens with one attached hydrogen (secondary N) is 1. The van der Waals surface area contributed by atoms with Gasteiger partial charge < -0.3 is 14.5 Å². The molecule has 5 heteroatoms. The molecule has 2 aromatic rings. The van der Waals surface area contributed by atoms with Crippen molar-refractivity contribution < 1.29 is 9.15 Å². The van der Waals surface area contributed by atoms with Crippen LogP contribution in [0.5, 0.6) is 5.88 Å². The molecule has 102 valence electrons. The van der Waals surface area contributed by atoms with Gasteiger partial charge in [-0.1, -0.05) is 20.8 Å². The molecule has 0 bridgehead atoms. The number of nitrogens with zero attached hydrogens (tertiary/aromatic N) is 2. The molecule has 0 atom stereocenters. The monoisotopic (exact) mass is 261 g/mol. The molecule has 0 fully saturated rings. The molecule has 0 aliphatic rings. The number of anilines is 1. The highest BCUT2D eigenvalue weighted by Crippen LogP contribution is 2.23. The molecule has 0 aromatic carbocycles. The number of furan rings is 1. The van der Waals surface area contributed by atoms with E-state index < -0.39 is 0 Å². The lowest BCUT2D eigenvalue weighted by Gasteiger charge is -2.18. The van der Waals surface area contributed by atoms with Crippen molar-refractivity contribution in [2.45, 2.75) is 32.8 Å². The van der Waals surface area contributed by atoms with Crippen LogP contribution < -0.4 is 10.1 Å². The Balaban J connectivity index is 2.19. The van der Waals surface area contributed by atoms with E-state index in [1.54, 1.807) is 12.3 Å². The number of hydrogen-bond acceptors (Lipinski definition) is 5. The van der Waals surface area contributed by atoms with Gasteiger partial charge >= 0.3 is 0 Å². The Bertz CT molecular complexity index is 530. The maximum atomic E-state index is 5.64. The number of rotatable bonds is 4. The van der Waals surface area contributed by atoms with Gasteiger partial charge in [-0.15, -0.1) is 0 Å². The van der Waals surface area contributed by atoms with E-state index in [0.29, 0.717) is 12.5 Å². The lowest BCUT2D eigenvalue weighted by molar-refractivity contribution is 0.258. The van der Waals surface area contributed by atoms with Crippen LogP contribution in [-0.4, -0.2) is 17.0 Å². The molecule has 0 amide bonds. The van der Waals surface area contributed by atoms with Crippen molar-refractivity contribution >= 4 is 5.82 Å². The second-order valence-electron chi connectivity index (χ2n) is 5.28. The van der Waals surface area contributed by atoms with E-state index in [1.807, 2.05) is 19.2 Å². The molecule has 19 heavy (non-hydrogen) atoms. The van der Waals surface area contributed by atoms with E-state index in [1.165, 1.54) is 0 Å². The van der Waals surface area contributed by atoms with Crippen molar-refractivity contribution in [1.29, 1.82) is 0 Å². The van der Waals surface area contributed by atoms with E-state index in [-0.39, 0.29) is 5.41 Å². The van der Waals surface area contributed by atoms with Crippen LogP contribution in [-0.2, 0) is 12.0 Å². The first-order valence-electron chi connectivity index (χ1n) is 6.21. The molecule has 0 unspecified atom stereocenters. The second-order valence-corrected chi connectivity index (χ2v) is 5.28. The number of hydrogen-bond donors (Lipinski definition) is 1. The summed E-state index contributed by atoms with van der Waals surface area (Å²) in [5.41, 5.74) is -0.129. The fourth-order valence-corrected chi connectivity index (χ4v) is 1.50. The predicted octanol–water partition coefficient (Wildman–Crippen LogP) is 2.99. The highest BCUT2D eigenvalue weighted by Gasteiger charge is 2.19. The van der Waals surface area contributed by atoms with Crippen LogP contribution in [0, 0.1) is 0 Å². The molecule has 0 spiro atoms. The summed E-state index contributed by atoms with van der Waals surface area (Å²) >= 11 is 0. The maximum absolute atomic E-state index is 5.64. The average molecular weight is 261 g/mol. The first kappa shape index (κ1) is 13.4. The van der Waals surface area contributed by atoms with Crippen LogP contribution in [0.3, 0.4) is 0 Å². The van der Waals surface area contributed by atoms with Gasteiger partial charge in [0.1, 0.15) is 24.0 Å². The molecule has 2 rings (SSSR count). The minimum absolute atomic E-state index is 0.129. The molecule has 5 nitrogen and oxygen atoms in total. The summed E-state index contributed by atoms with van der Waals surface area (Å²) < 4.78 is 10.9. The molecular formula is C14H19N3O2. The van der Waals surface area contributed by atoms with Gasteiger partial charge in [0.2, 0.25) is 5.88 Å². The van der Waals surface area contributed by atoms with Crippen molar-refractivity contribution in [3.8, 4) is 5.88 Å². The van der Waals surface area contributed by atoms with Crippen LogP contribution in [0.1, 0.15) is 32.4 Å². The Morgan fingerprint density at radius 1 is 1.32 bits per heavy atom. The van der Waals surface area contributed by atoms with Gasteiger partial charge in [-0.05, 0) is 12.1 Å². The number of aromatic nitrogens is 2. The third-order valence-corrected chi connectivity index (χ3v) is 2.57. The molecular weight excluding hydrogens is 242 g/mol. The van der Waals surface area contributed by atoms with Crippen LogP contribution in [0.25, 0.3) is 0 Å². The van der Waals surface area contributed by atoms with Crippen molar-refractivity contribution in [2.75, 3.05) is 12.4 Å². The van der Waals surface area contributed by atoms with Gasteiger partial charge in [-0.3, -0.25) is 0 Å². The van der Waals surface area contributed by atoms with Crippen molar-refractivity contribution in [2.24, 2.45) is 0 Å². The smallest absolute Gasteiger partial charge is 0.219 e. The topological polar surface area (TPSA) is 60.2 Å². The van der Waals surface area contributed by atoms with Gasteiger partial charge in [0.25, 0.3) is 0 Å². The first-order chi connectivity index (χ1) is 8.99. The van der Waals surface area contributed by atoms with Gasteiger partial charge in [0, 0.05) is 18.5 Å². The molecule has 2 aromatic heterocycles. The molecule has 0 radical (unpaired) electrons. The lowest BCUT2D eigenvalue weighted by atomic mass is 9.96. The minimum atomic E-state index is -0.129. The van der Waals surface area contributed by atoms with Gasteiger partial charge in [0.05, 0.1) is 6.26 Å². The van der Waals surface area contributed by atoms with Gasteiger partial charge in [0.15, 0.2) is 0 Å². The van der Waals surface area contributed by atoms with Gasteiger partial charge in [-0.2, -0.15) is 4.98 Å². The van der Waals surface area contributed by atoms with Crippen molar-refractivity contribution in [3.63, 3.8) is 0 Å². The molecule has 1 N–H and O–H groups in total. The Morgan fingerprint density at radius 3 is 2.68 bits per heavy atom. The second kappa shape index (κ2) is 5.30. The molecule has 0 aliphatic heterocycles. The predicted molar refractivity (Wildman–Crippen MR) is 73.3 cm³/mol. The zero-order valence-electron chi connectivity index (χ0n) is 11.7. The molecule has 0 aliphatic carbocycles. The van der Waals surface area contributed by atoms with E-state index in [0.717, 1.165) is 17.4 Å². The quantitative estimate of drug-likeness (QED) is 0.916. The van der Waals surface area contributed by atoms with Crippen molar-refractivity contribution in [3.05, 3.63) is 36.0 Å². The van der Waals surface area contributed by atoms with Crippen LogP contribution in [0.4, 0.5) is 5.82 Å². The van der Waals surface area contributed by atoms with Crippen LogP contribution in [0.15, 0.2) is 28.9 Å². The summed E-state index contributed by atoms with van der Waals surface area (Å²) in [4.78, 5) is 8.88. The lowest BCUT2D eigenvalue weighted by Crippen LogP contribution is -2.17. The van der Waals surface area contributed by atoms with Crippen LogP contribution >= 0.6 is 0 Å². The molecule has 2 heterocycles. The Kier molecular flexibility index (Phi) is 3.74. The highest BCUT2D eigenvalue weighted by molar-refractivity contribution is 5.38. The first-order valence-corrected chi connectivity index (χ1v) is 6.21. The van der Waals surface area contributed by atoms with E-state index in [4.69, 9.17) is 9.15 Å². The Labute approximate surface area is 113 Å². The summed E-state index contributed by atoms with van der Waals surface area (Å²) in [6, 6.07) is 5.47. The zero-order chi connectivity index (χ0) is 13.9. The minimum Gasteiger partial charge on any atom is -0.469 e. The van der Waals surface area contributed by atoms with E-state index >= 15 is 0 Å². The molecule has 0 saturated heterocycles. The average Bonchev–Trinajstić information content (AvgIpc) is 2.88. The summed E-state index contributed by atoms with van der Waals surface area (Å²) in [6.07, 6.45) is 1.62. The fourth-order valence-electron chi connectivity index (χ4n) is 1.50. The summed E-state index contributed by atoms with van der Waals surface area (Å²) in [6.45, 7) is 6.56. The molecule has 0 saturated carbocycles.